The van der Waals surface area contributed by atoms with E-state index in [1.54, 1.807) is 0 Å². The Labute approximate surface area is 154 Å². The summed E-state index contributed by atoms with van der Waals surface area (Å²) in [4.78, 5) is 20.0. The van der Waals surface area contributed by atoms with Crippen LogP contribution in [0.25, 0.3) is 22.1 Å². The average molecular weight is 362 g/mol. The molecule has 0 amide bonds. The van der Waals surface area contributed by atoms with E-state index in [1.165, 1.54) is 24.0 Å². The minimum Gasteiger partial charge on any atom is -0.449 e. The van der Waals surface area contributed by atoms with Gasteiger partial charge in [-0.15, -0.1) is 11.8 Å². The maximum absolute atomic E-state index is 12.4. The van der Waals surface area contributed by atoms with Crippen LogP contribution in [-0.4, -0.2) is 9.97 Å². The number of aromatic nitrogens is 2. The van der Waals surface area contributed by atoms with E-state index in [1.807, 2.05) is 36.0 Å². The van der Waals surface area contributed by atoms with E-state index in [2.05, 4.69) is 29.2 Å². The van der Waals surface area contributed by atoms with Crippen molar-refractivity contribution in [1.82, 2.24) is 9.97 Å². The summed E-state index contributed by atoms with van der Waals surface area (Å²) in [5, 5.41) is 1.35. The van der Waals surface area contributed by atoms with Gasteiger partial charge in [0.15, 0.2) is 0 Å². The highest BCUT2D eigenvalue weighted by molar-refractivity contribution is 7.98. The topological polar surface area (TPSA) is 58.9 Å². The third kappa shape index (κ3) is 2.63. The lowest BCUT2D eigenvalue weighted by Gasteiger charge is -2.24. The standard InChI is InChI=1S/C21H18N2O2S/c24-21-20-19(15-9-3-4-10-16(15)25-20)22-18(23-21)12-26-17-11-5-7-13-6-1-2-8-14(13)17/h1-4,6,8-10,17H,5,7,11-12H2,(H,22,23,24). The van der Waals surface area contributed by atoms with Crippen molar-refractivity contribution in [3.05, 3.63) is 75.8 Å². The molecule has 2 aromatic carbocycles. The van der Waals surface area contributed by atoms with Crippen LogP contribution in [0.5, 0.6) is 0 Å². The van der Waals surface area contributed by atoms with Crippen LogP contribution < -0.4 is 5.56 Å². The molecule has 0 spiro atoms. The monoisotopic (exact) mass is 362 g/mol. The Balaban J connectivity index is 1.47. The van der Waals surface area contributed by atoms with Gasteiger partial charge in [0.05, 0.1) is 5.75 Å². The molecule has 1 N–H and O–H groups in total. The van der Waals surface area contributed by atoms with Crippen molar-refractivity contribution in [2.75, 3.05) is 0 Å². The van der Waals surface area contributed by atoms with Crippen LogP contribution in [0.2, 0.25) is 0 Å². The highest BCUT2D eigenvalue weighted by Crippen LogP contribution is 2.40. The minimum atomic E-state index is -0.203. The van der Waals surface area contributed by atoms with Crippen LogP contribution in [-0.2, 0) is 12.2 Å². The number of H-pyrrole nitrogens is 1. The Morgan fingerprint density at radius 2 is 2.00 bits per heavy atom. The first-order chi connectivity index (χ1) is 12.8. The molecule has 2 heterocycles. The predicted octanol–water partition coefficient (Wildman–Crippen LogP) is 4.98. The van der Waals surface area contributed by atoms with E-state index in [-0.39, 0.29) is 5.56 Å². The van der Waals surface area contributed by atoms with E-state index < -0.39 is 0 Å². The van der Waals surface area contributed by atoms with E-state index >= 15 is 0 Å². The molecule has 130 valence electrons. The van der Waals surface area contributed by atoms with Crippen LogP contribution >= 0.6 is 11.8 Å². The Morgan fingerprint density at radius 1 is 1.15 bits per heavy atom. The van der Waals surface area contributed by atoms with Gasteiger partial charge in [-0.25, -0.2) is 4.98 Å². The molecule has 1 aliphatic carbocycles. The molecule has 26 heavy (non-hydrogen) atoms. The van der Waals surface area contributed by atoms with Gasteiger partial charge in [0.2, 0.25) is 5.58 Å². The lowest BCUT2D eigenvalue weighted by atomic mass is 9.91. The third-order valence-corrected chi connectivity index (χ3v) is 6.35. The smallest absolute Gasteiger partial charge is 0.294 e. The number of thioether (sulfide) groups is 1. The van der Waals surface area contributed by atoms with E-state index in [0.717, 1.165) is 11.8 Å². The molecule has 5 heteroatoms. The van der Waals surface area contributed by atoms with Crippen LogP contribution in [0.3, 0.4) is 0 Å². The van der Waals surface area contributed by atoms with Crippen LogP contribution in [0, 0.1) is 0 Å². The largest absolute Gasteiger partial charge is 0.449 e. The van der Waals surface area contributed by atoms with Gasteiger partial charge in [0, 0.05) is 10.6 Å². The van der Waals surface area contributed by atoms with Gasteiger partial charge in [-0.2, -0.15) is 0 Å². The summed E-state index contributed by atoms with van der Waals surface area (Å²) < 4.78 is 5.67. The number of rotatable bonds is 3. The summed E-state index contributed by atoms with van der Waals surface area (Å²) in [5.74, 6) is 1.39. The molecule has 1 atom stereocenters. The summed E-state index contributed by atoms with van der Waals surface area (Å²) >= 11 is 1.86. The Kier molecular flexibility index (Phi) is 3.82. The van der Waals surface area contributed by atoms with Crippen molar-refractivity contribution in [2.45, 2.75) is 30.3 Å². The highest BCUT2D eigenvalue weighted by atomic mass is 32.2. The molecular formula is C21H18N2O2S. The molecule has 0 fully saturated rings. The Morgan fingerprint density at radius 3 is 2.96 bits per heavy atom. The van der Waals surface area contributed by atoms with Crippen molar-refractivity contribution in [3.63, 3.8) is 0 Å². The number of fused-ring (bicyclic) bond motifs is 4. The number of hydrogen-bond donors (Lipinski definition) is 1. The maximum atomic E-state index is 12.4. The quantitative estimate of drug-likeness (QED) is 0.558. The van der Waals surface area contributed by atoms with Gasteiger partial charge in [-0.1, -0.05) is 36.4 Å². The number of aryl methyl sites for hydroxylation is 1. The van der Waals surface area contributed by atoms with Crippen molar-refractivity contribution < 1.29 is 4.42 Å². The van der Waals surface area contributed by atoms with Crippen molar-refractivity contribution in [1.29, 1.82) is 0 Å². The van der Waals surface area contributed by atoms with Gasteiger partial charge < -0.3 is 9.40 Å². The van der Waals surface area contributed by atoms with Crippen LogP contribution in [0.15, 0.2) is 57.7 Å². The normalized spacial score (nSPS) is 16.8. The van der Waals surface area contributed by atoms with Gasteiger partial charge in [0.1, 0.15) is 16.9 Å². The van der Waals surface area contributed by atoms with Crippen molar-refractivity contribution >= 4 is 33.8 Å². The summed E-state index contributed by atoms with van der Waals surface area (Å²) in [7, 11) is 0. The lowest BCUT2D eigenvalue weighted by molar-refractivity contribution is 0.660. The second-order valence-corrected chi connectivity index (χ2v) is 7.87. The van der Waals surface area contributed by atoms with Crippen LogP contribution in [0.1, 0.15) is 35.0 Å². The summed E-state index contributed by atoms with van der Waals surface area (Å²) in [6.07, 6.45) is 3.54. The Bertz CT molecular complexity index is 1160. The molecule has 0 bridgehead atoms. The van der Waals surface area contributed by atoms with Crippen LogP contribution in [0.4, 0.5) is 0 Å². The first kappa shape index (κ1) is 15.7. The average Bonchev–Trinajstić information content (AvgIpc) is 3.06. The van der Waals surface area contributed by atoms with E-state index in [0.29, 0.717) is 33.5 Å². The Hall–Kier alpha value is -2.53. The van der Waals surface area contributed by atoms with Crippen molar-refractivity contribution in [2.24, 2.45) is 0 Å². The molecule has 5 rings (SSSR count). The zero-order valence-corrected chi connectivity index (χ0v) is 15.0. The number of aromatic amines is 1. The summed E-state index contributed by atoms with van der Waals surface area (Å²) in [6, 6.07) is 16.3. The van der Waals surface area contributed by atoms with E-state index in [4.69, 9.17) is 9.40 Å². The number of para-hydroxylation sites is 1. The minimum absolute atomic E-state index is 0.203. The van der Waals surface area contributed by atoms with Gasteiger partial charge in [-0.3, -0.25) is 4.79 Å². The molecular weight excluding hydrogens is 344 g/mol. The summed E-state index contributed by atoms with van der Waals surface area (Å²) in [6.45, 7) is 0. The fourth-order valence-corrected chi connectivity index (χ4v) is 5.02. The molecule has 2 aromatic heterocycles. The number of furan rings is 1. The molecule has 0 aliphatic heterocycles. The number of benzene rings is 2. The van der Waals surface area contributed by atoms with Crippen molar-refractivity contribution in [3.8, 4) is 0 Å². The lowest BCUT2D eigenvalue weighted by Crippen LogP contribution is -2.11. The molecule has 1 unspecified atom stereocenters. The zero-order valence-electron chi connectivity index (χ0n) is 14.2. The first-order valence-electron chi connectivity index (χ1n) is 8.89. The molecule has 4 nitrogen and oxygen atoms in total. The third-order valence-electron chi connectivity index (χ3n) is 5.02. The maximum Gasteiger partial charge on any atom is 0.294 e. The first-order valence-corrected chi connectivity index (χ1v) is 9.94. The van der Waals surface area contributed by atoms with Gasteiger partial charge in [-0.05, 0) is 42.5 Å². The molecule has 1 aliphatic rings. The van der Waals surface area contributed by atoms with Gasteiger partial charge in [0.25, 0.3) is 5.56 Å². The SMILES string of the molecule is O=c1[nH]c(CSC2CCCc3ccccc32)nc2c1oc1ccccc12. The molecule has 0 saturated heterocycles. The molecule has 4 aromatic rings. The summed E-state index contributed by atoms with van der Waals surface area (Å²) in [5.41, 5.74) is 4.35. The van der Waals surface area contributed by atoms with E-state index in [9.17, 15) is 4.79 Å². The predicted molar refractivity (Wildman–Crippen MR) is 106 cm³/mol. The zero-order chi connectivity index (χ0) is 17.5. The second kappa shape index (κ2) is 6.32. The molecule has 0 radical (unpaired) electrons. The molecule has 0 saturated carbocycles. The number of nitrogens with zero attached hydrogens (tertiary/aromatic N) is 1. The fourth-order valence-electron chi connectivity index (χ4n) is 3.78. The number of hydrogen-bond acceptors (Lipinski definition) is 4. The number of nitrogens with one attached hydrogen (secondary N) is 1. The highest BCUT2D eigenvalue weighted by Gasteiger charge is 2.21. The fraction of sp³-hybridized carbons (Fsp3) is 0.238. The van der Waals surface area contributed by atoms with Gasteiger partial charge >= 0.3 is 0 Å². The second-order valence-electron chi connectivity index (χ2n) is 6.68.